The summed E-state index contributed by atoms with van der Waals surface area (Å²) in [7, 11) is 0. The lowest BCUT2D eigenvalue weighted by Crippen LogP contribution is -2.46. The first-order valence-corrected chi connectivity index (χ1v) is 6.54. The van der Waals surface area contributed by atoms with E-state index in [0.717, 1.165) is 31.7 Å². The van der Waals surface area contributed by atoms with Gasteiger partial charge in [-0.3, -0.25) is 4.90 Å². The molecule has 0 aliphatic carbocycles. The summed E-state index contributed by atoms with van der Waals surface area (Å²) in [4.78, 5) is 13.5. The van der Waals surface area contributed by atoms with E-state index in [9.17, 15) is 4.79 Å². The molecule has 1 fully saturated rings. The van der Waals surface area contributed by atoms with Gasteiger partial charge in [0.15, 0.2) is 0 Å². The van der Waals surface area contributed by atoms with Crippen molar-refractivity contribution in [3.8, 4) is 0 Å². The van der Waals surface area contributed by atoms with Crippen molar-refractivity contribution in [3.63, 3.8) is 0 Å². The summed E-state index contributed by atoms with van der Waals surface area (Å²) in [6, 6.07) is 8.68. The van der Waals surface area contributed by atoms with Crippen LogP contribution in [-0.2, 0) is 6.54 Å². The van der Waals surface area contributed by atoms with Crippen LogP contribution in [0.5, 0.6) is 0 Å². The van der Waals surface area contributed by atoms with Crippen molar-refractivity contribution in [1.82, 2.24) is 10.6 Å². The molecule has 4 heteroatoms. The first-order valence-electron chi connectivity index (χ1n) is 6.54. The highest BCUT2D eigenvalue weighted by atomic mass is 16.2. The van der Waals surface area contributed by atoms with E-state index in [1.165, 1.54) is 5.56 Å². The van der Waals surface area contributed by atoms with E-state index < -0.39 is 0 Å². The van der Waals surface area contributed by atoms with E-state index in [1.54, 1.807) is 4.90 Å². The summed E-state index contributed by atoms with van der Waals surface area (Å²) in [6.45, 7) is 6.71. The van der Waals surface area contributed by atoms with Gasteiger partial charge in [-0.15, -0.1) is 0 Å². The number of hydrogen-bond acceptors (Lipinski definition) is 2. The zero-order chi connectivity index (χ0) is 13.0. The van der Waals surface area contributed by atoms with E-state index in [2.05, 4.69) is 36.6 Å². The molecule has 2 rings (SSSR count). The molecule has 1 aromatic rings. The maximum Gasteiger partial charge on any atom is 0.321 e. The number of carbonyl (C=O) groups excluding carboxylic acids is 1. The zero-order valence-electron chi connectivity index (χ0n) is 11.1. The van der Waals surface area contributed by atoms with Crippen LogP contribution < -0.4 is 15.5 Å². The predicted octanol–water partition coefficient (Wildman–Crippen LogP) is 2.10. The number of anilines is 1. The lowest BCUT2D eigenvalue weighted by Gasteiger charge is -2.27. The first kappa shape index (κ1) is 12.9. The Morgan fingerprint density at radius 1 is 1.33 bits per heavy atom. The molecule has 0 unspecified atom stereocenters. The van der Waals surface area contributed by atoms with Crippen LogP contribution in [0.1, 0.15) is 25.8 Å². The largest absolute Gasteiger partial charge is 0.338 e. The Labute approximate surface area is 108 Å². The number of rotatable bonds is 4. The molecule has 1 heterocycles. The van der Waals surface area contributed by atoms with Crippen molar-refractivity contribution in [2.24, 2.45) is 0 Å². The minimum absolute atomic E-state index is 0.00862. The summed E-state index contributed by atoms with van der Waals surface area (Å²) in [5, 5.41) is 6.24. The Morgan fingerprint density at radius 2 is 2.06 bits per heavy atom. The minimum Gasteiger partial charge on any atom is -0.338 e. The van der Waals surface area contributed by atoms with E-state index in [1.807, 2.05) is 12.1 Å². The van der Waals surface area contributed by atoms with Crippen molar-refractivity contribution >= 4 is 11.7 Å². The molecule has 0 spiro atoms. The third-order valence-corrected chi connectivity index (χ3v) is 3.04. The number of hydrogen-bond donors (Lipinski definition) is 2. The van der Waals surface area contributed by atoms with Gasteiger partial charge in [0.25, 0.3) is 0 Å². The predicted molar refractivity (Wildman–Crippen MR) is 73.8 cm³/mol. The van der Waals surface area contributed by atoms with Crippen LogP contribution in [0.2, 0.25) is 0 Å². The van der Waals surface area contributed by atoms with Gasteiger partial charge in [0.05, 0.1) is 0 Å². The second-order valence-electron chi connectivity index (χ2n) is 4.94. The van der Waals surface area contributed by atoms with Crippen molar-refractivity contribution in [2.45, 2.75) is 32.9 Å². The maximum absolute atomic E-state index is 11.7. The molecule has 18 heavy (non-hydrogen) atoms. The van der Waals surface area contributed by atoms with Crippen molar-refractivity contribution in [2.75, 3.05) is 18.0 Å². The minimum atomic E-state index is 0.00862. The number of amides is 2. The Balaban J connectivity index is 2.00. The van der Waals surface area contributed by atoms with Crippen LogP contribution >= 0.6 is 0 Å². The molecular formula is C14H21N3O. The molecule has 0 radical (unpaired) electrons. The molecule has 2 N–H and O–H groups in total. The summed E-state index contributed by atoms with van der Waals surface area (Å²) < 4.78 is 0. The van der Waals surface area contributed by atoms with Gasteiger partial charge in [-0.1, -0.05) is 26.0 Å². The van der Waals surface area contributed by atoms with Gasteiger partial charge in [-0.05, 0) is 24.1 Å². The smallest absolute Gasteiger partial charge is 0.321 e. The third kappa shape index (κ3) is 3.23. The van der Waals surface area contributed by atoms with E-state index in [-0.39, 0.29) is 6.03 Å². The fourth-order valence-electron chi connectivity index (χ4n) is 1.99. The standard InChI is InChI=1S/C14H21N3O/c1-11(2)16-10-12-4-6-13(7-5-12)17-9-3-8-15-14(17)18/h4-7,11,16H,3,8-10H2,1-2H3,(H,15,18). The Bertz CT molecular complexity index is 400. The van der Waals surface area contributed by atoms with E-state index >= 15 is 0 Å². The van der Waals surface area contributed by atoms with Crippen LogP contribution in [0, 0.1) is 0 Å². The Hall–Kier alpha value is -1.55. The lowest BCUT2D eigenvalue weighted by atomic mass is 10.1. The fourth-order valence-corrected chi connectivity index (χ4v) is 1.99. The maximum atomic E-state index is 11.7. The average Bonchev–Trinajstić information content (AvgIpc) is 2.38. The van der Waals surface area contributed by atoms with Gasteiger partial charge in [-0.25, -0.2) is 4.79 Å². The molecule has 1 aliphatic heterocycles. The molecule has 0 saturated carbocycles. The molecular weight excluding hydrogens is 226 g/mol. The zero-order valence-corrected chi connectivity index (χ0v) is 11.1. The van der Waals surface area contributed by atoms with Crippen molar-refractivity contribution in [1.29, 1.82) is 0 Å². The van der Waals surface area contributed by atoms with E-state index in [0.29, 0.717) is 6.04 Å². The number of benzene rings is 1. The molecule has 1 aliphatic rings. The number of urea groups is 1. The van der Waals surface area contributed by atoms with Crippen LogP contribution in [-0.4, -0.2) is 25.2 Å². The van der Waals surface area contributed by atoms with Gasteiger partial charge in [0.1, 0.15) is 0 Å². The van der Waals surface area contributed by atoms with Crippen molar-refractivity contribution < 1.29 is 4.79 Å². The molecule has 2 amide bonds. The van der Waals surface area contributed by atoms with Gasteiger partial charge in [-0.2, -0.15) is 0 Å². The van der Waals surface area contributed by atoms with Gasteiger partial charge in [0.2, 0.25) is 0 Å². The summed E-state index contributed by atoms with van der Waals surface area (Å²) in [5.41, 5.74) is 2.21. The van der Waals surface area contributed by atoms with Crippen molar-refractivity contribution in [3.05, 3.63) is 29.8 Å². The average molecular weight is 247 g/mol. The Morgan fingerprint density at radius 3 is 2.67 bits per heavy atom. The third-order valence-electron chi connectivity index (χ3n) is 3.04. The Kier molecular flexibility index (Phi) is 4.20. The second kappa shape index (κ2) is 5.87. The molecule has 1 aromatic carbocycles. The highest BCUT2D eigenvalue weighted by Gasteiger charge is 2.18. The normalized spacial score (nSPS) is 15.9. The molecule has 98 valence electrons. The topological polar surface area (TPSA) is 44.4 Å². The second-order valence-corrected chi connectivity index (χ2v) is 4.94. The molecule has 0 aromatic heterocycles. The molecule has 1 saturated heterocycles. The molecule has 0 bridgehead atoms. The number of carbonyl (C=O) groups is 1. The number of nitrogens with zero attached hydrogens (tertiary/aromatic N) is 1. The highest BCUT2D eigenvalue weighted by Crippen LogP contribution is 2.17. The van der Waals surface area contributed by atoms with E-state index in [4.69, 9.17) is 0 Å². The molecule has 4 nitrogen and oxygen atoms in total. The summed E-state index contributed by atoms with van der Waals surface area (Å²) >= 11 is 0. The van der Waals surface area contributed by atoms with Crippen LogP contribution in [0.3, 0.4) is 0 Å². The fraction of sp³-hybridized carbons (Fsp3) is 0.500. The summed E-state index contributed by atoms with van der Waals surface area (Å²) in [5.74, 6) is 0. The quantitative estimate of drug-likeness (QED) is 0.856. The van der Waals surface area contributed by atoms with Gasteiger partial charge in [0, 0.05) is 31.4 Å². The van der Waals surface area contributed by atoms with Crippen LogP contribution in [0.25, 0.3) is 0 Å². The lowest BCUT2D eigenvalue weighted by molar-refractivity contribution is 0.243. The monoisotopic (exact) mass is 247 g/mol. The SMILES string of the molecule is CC(C)NCc1ccc(N2CCCNC2=O)cc1. The first-order chi connectivity index (χ1) is 8.66. The molecule has 0 atom stereocenters. The number of nitrogens with one attached hydrogen (secondary N) is 2. The van der Waals surface area contributed by atoms with Gasteiger partial charge >= 0.3 is 6.03 Å². The van der Waals surface area contributed by atoms with Crippen LogP contribution in [0.4, 0.5) is 10.5 Å². The van der Waals surface area contributed by atoms with Gasteiger partial charge < -0.3 is 10.6 Å². The van der Waals surface area contributed by atoms with Crippen LogP contribution in [0.15, 0.2) is 24.3 Å². The highest BCUT2D eigenvalue weighted by molar-refractivity contribution is 5.92. The summed E-state index contributed by atoms with van der Waals surface area (Å²) in [6.07, 6.45) is 1.00.